The molecule has 2 heteroatoms. The zero-order chi connectivity index (χ0) is 9.35. The second-order valence-corrected chi connectivity index (χ2v) is 3.86. The monoisotopic (exact) mass is 162 g/mol. The Kier molecular flexibility index (Phi) is 2.36. The Labute approximate surface area is 75.9 Å². The van der Waals surface area contributed by atoms with E-state index >= 15 is 0 Å². The minimum absolute atomic E-state index is 0.0855. The van der Waals surface area contributed by atoms with E-state index in [1.165, 1.54) is 5.57 Å². The summed E-state index contributed by atoms with van der Waals surface area (Å²) in [4.78, 5) is 0. The molecule has 0 spiro atoms. The Hall–Kier alpha value is -0.655. The van der Waals surface area contributed by atoms with E-state index in [1.54, 1.807) is 0 Å². The molecule has 2 radical (unpaired) electrons. The van der Waals surface area contributed by atoms with Crippen molar-refractivity contribution in [2.45, 2.75) is 39.7 Å². The average Bonchev–Trinajstić information content (AvgIpc) is 2.25. The molecule has 1 rings (SSSR count). The first-order valence-corrected chi connectivity index (χ1v) is 4.27. The fourth-order valence-corrected chi connectivity index (χ4v) is 1.48. The maximum atomic E-state index is 5.70. The standard InChI is InChI=1S/C10H15BO/c1-5-8-6-10(3,4)12-9(8)7(2)11/h5H,6H2,1-4H3/b8-5-,9-7-. The molecular formula is C10H15BO. The summed E-state index contributed by atoms with van der Waals surface area (Å²) in [6, 6.07) is 0. The van der Waals surface area contributed by atoms with Crippen LogP contribution in [0.1, 0.15) is 34.1 Å². The van der Waals surface area contributed by atoms with Gasteiger partial charge in [-0.25, -0.2) is 0 Å². The molecule has 1 heterocycles. The molecule has 0 unspecified atom stereocenters. The lowest BCUT2D eigenvalue weighted by Crippen LogP contribution is -2.16. The molecule has 12 heavy (non-hydrogen) atoms. The van der Waals surface area contributed by atoms with Crippen LogP contribution in [0.15, 0.2) is 22.9 Å². The highest BCUT2D eigenvalue weighted by Gasteiger charge is 2.32. The Morgan fingerprint density at radius 2 is 2.17 bits per heavy atom. The summed E-state index contributed by atoms with van der Waals surface area (Å²) in [5.74, 6) is 0.877. The van der Waals surface area contributed by atoms with Gasteiger partial charge in [-0.15, -0.1) is 0 Å². The van der Waals surface area contributed by atoms with Gasteiger partial charge in [-0.1, -0.05) is 11.5 Å². The van der Waals surface area contributed by atoms with E-state index in [1.807, 2.05) is 13.8 Å². The van der Waals surface area contributed by atoms with Crippen LogP contribution in [-0.4, -0.2) is 13.4 Å². The fourth-order valence-electron chi connectivity index (χ4n) is 1.48. The second kappa shape index (κ2) is 3.00. The van der Waals surface area contributed by atoms with Crippen molar-refractivity contribution in [1.82, 2.24) is 0 Å². The van der Waals surface area contributed by atoms with Crippen molar-refractivity contribution in [3.63, 3.8) is 0 Å². The molecule has 64 valence electrons. The van der Waals surface area contributed by atoms with Crippen LogP contribution in [-0.2, 0) is 4.74 Å². The van der Waals surface area contributed by atoms with Gasteiger partial charge >= 0.3 is 0 Å². The number of allylic oxidation sites excluding steroid dienone is 3. The van der Waals surface area contributed by atoms with Crippen LogP contribution in [0.4, 0.5) is 0 Å². The molecule has 1 aliphatic rings. The van der Waals surface area contributed by atoms with Crippen LogP contribution < -0.4 is 0 Å². The van der Waals surface area contributed by atoms with E-state index in [4.69, 9.17) is 12.6 Å². The molecule has 0 aromatic heterocycles. The van der Waals surface area contributed by atoms with Crippen LogP contribution in [0.5, 0.6) is 0 Å². The van der Waals surface area contributed by atoms with Crippen LogP contribution in [0.25, 0.3) is 0 Å². The van der Waals surface area contributed by atoms with Crippen molar-refractivity contribution in [3.05, 3.63) is 22.9 Å². The molecule has 0 aromatic carbocycles. The van der Waals surface area contributed by atoms with Gasteiger partial charge in [-0.05, 0) is 33.3 Å². The Morgan fingerprint density at radius 1 is 1.58 bits per heavy atom. The summed E-state index contributed by atoms with van der Waals surface area (Å²) in [5, 5.41) is 0. The summed E-state index contributed by atoms with van der Waals surface area (Å²) in [6.45, 7) is 8.04. The molecule has 0 amide bonds. The van der Waals surface area contributed by atoms with E-state index in [0.29, 0.717) is 0 Å². The van der Waals surface area contributed by atoms with Gasteiger partial charge in [0.05, 0.1) is 0 Å². The highest BCUT2D eigenvalue weighted by atomic mass is 16.5. The average molecular weight is 162 g/mol. The first-order valence-electron chi connectivity index (χ1n) is 4.27. The minimum atomic E-state index is -0.0855. The highest BCUT2D eigenvalue weighted by molar-refractivity contribution is 6.21. The van der Waals surface area contributed by atoms with E-state index < -0.39 is 0 Å². The molecule has 0 saturated carbocycles. The van der Waals surface area contributed by atoms with E-state index in [0.717, 1.165) is 17.7 Å². The number of hydrogen-bond donors (Lipinski definition) is 0. The van der Waals surface area contributed by atoms with E-state index in [2.05, 4.69) is 19.9 Å². The molecule has 0 aliphatic carbocycles. The molecule has 0 bridgehead atoms. The highest BCUT2D eigenvalue weighted by Crippen LogP contribution is 2.37. The second-order valence-electron chi connectivity index (χ2n) is 3.86. The molecule has 0 atom stereocenters. The maximum Gasteiger partial charge on any atom is 0.112 e. The smallest absolute Gasteiger partial charge is 0.112 e. The lowest BCUT2D eigenvalue weighted by molar-refractivity contribution is 0.0759. The molecule has 1 aliphatic heterocycles. The molecule has 0 N–H and O–H groups in total. The van der Waals surface area contributed by atoms with Gasteiger partial charge in [0.2, 0.25) is 0 Å². The van der Waals surface area contributed by atoms with Crippen molar-refractivity contribution in [2.75, 3.05) is 0 Å². The quantitative estimate of drug-likeness (QED) is 0.497. The summed E-state index contributed by atoms with van der Waals surface area (Å²) >= 11 is 0. The van der Waals surface area contributed by atoms with Crippen LogP contribution in [0.3, 0.4) is 0 Å². The van der Waals surface area contributed by atoms with Gasteiger partial charge in [0.1, 0.15) is 19.2 Å². The maximum absolute atomic E-state index is 5.70. The normalized spacial score (nSPS) is 28.8. The van der Waals surface area contributed by atoms with Crippen molar-refractivity contribution in [2.24, 2.45) is 0 Å². The van der Waals surface area contributed by atoms with Crippen LogP contribution in [0, 0.1) is 0 Å². The minimum Gasteiger partial charge on any atom is -0.488 e. The molecule has 1 nitrogen and oxygen atoms in total. The van der Waals surface area contributed by atoms with Crippen molar-refractivity contribution in [1.29, 1.82) is 0 Å². The van der Waals surface area contributed by atoms with Crippen LogP contribution >= 0.6 is 0 Å². The number of rotatable bonds is 0. The Morgan fingerprint density at radius 3 is 2.50 bits per heavy atom. The van der Waals surface area contributed by atoms with Gasteiger partial charge in [0.15, 0.2) is 0 Å². The topological polar surface area (TPSA) is 9.23 Å². The fraction of sp³-hybridized carbons (Fsp3) is 0.600. The lowest BCUT2D eigenvalue weighted by Gasteiger charge is -2.16. The predicted molar refractivity (Wildman–Crippen MR) is 52.0 cm³/mol. The molecular weight excluding hydrogens is 147 g/mol. The van der Waals surface area contributed by atoms with Gasteiger partial charge in [-0.3, -0.25) is 0 Å². The summed E-state index contributed by atoms with van der Waals surface area (Å²) in [7, 11) is 5.70. The van der Waals surface area contributed by atoms with Crippen molar-refractivity contribution >= 4 is 7.85 Å². The third-order valence-corrected chi connectivity index (χ3v) is 1.99. The first kappa shape index (κ1) is 9.43. The van der Waals surface area contributed by atoms with Crippen molar-refractivity contribution in [3.8, 4) is 0 Å². The molecule has 0 aromatic rings. The third-order valence-electron chi connectivity index (χ3n) is 1.99. The summed E-state index contributed by atoms with van der Waals surface area (Å²) in [5.41, 5.74) is 1.91. The Balaban J connectivity index is 3.01. The van der Waals surface area contributed by atoms with Gasteiger partial charge in [0.25, 0.3) is 0 Å². The third kappa shape index (κ3) is 1.74. The predicted octanol–water partition coefficient (Wildman–Crippen LogP) is 2.53. The van der Waals surface area contributed by atoms with Gasteiger partial charge in [-0.2, -0.15) is 0 Å². The first-order chi connectivity index (χ1) is 5.46. The largest absolute Gasteiger partial charge is 0.488 e. The summed E-state index contributed by atoms with van der Waals surface area (Å²) in [6.07, 6.45) is 3.02. The SMILES string of the molecule is [B]/C(C)=C1\OC(C)(C)C\C1=C\C. The molecule has 1 fully saturated rings. The van der Waals surface area contributed by atoms with Gasteiger partial charge < -0.3 is 4.74 Å². The number of hydrogen-bond acceptors (Lipinski definition) is 1. The van der Waals surface area contributed by atoms with Crippen LogP contribution in [0.2, 0.25) is 0 Å². The zero-order valence-corrected chi connectivity index (χ0v) is 8.27. The lowest BCUT2D eigenvalue weighted by atomic mass is 9.92. The zero-order valence-electron chi connectivity index (χ0n) is 8.27. The van der Waals surface area contributed by atoms with Gasteiger partial charge in [0, 0.05) is 6.42 Å². The van der Waals surface area contributed by atoms with E-state index in [-0.39, 0.29) is 5.60 Å². The number of ether oxygens (including phenoxy) is 1. The summed E-state index contributed by atoms with van der Waals surface area (Å²) < 4.78 is 5.70. The van der Waals surface area contributed by atoms with Crippen molar-refractivity contribution < 1.29 is 4.74 Å². The molecule has 1 saturated heterocycles. The van der Waals surface area contributed by atoms with E-state index in [9.17, 15) is 0 Å². The Bertz CT molecular complexity index is 245.